The highest BCUT2D eigenvalue weighted by atomic mass is 32.1. The highest BCUT2D eigenvalue weighted by molar-refractivity contribution is 7.16. The number of amides is 1. The van der Waals surface area contributed by atoms with E-state index in [1.165, 1.54) is 24.7 Å². The number of benzene rings is 1. The van der Waals surface area contributed by atoms with Crippen LogP contribution in [0.3, 0.4) is 0 Å². The van der Waals surface area contributed by atoms with Crippen molar-refractivity contribution >= 4 is 33.4 Å². The summed E-state index contributed by atoms with van der Waals surface area (Å²) in [6.07, 6.45) is 1.24. The summed E-state index contributed by atoms with van der Waals surface area (Å²) in [5.41, 5.74) is 0.686. The fourth-order valence-electron chi connectivity index (χ4n) is 2.51. The zero-order chi connectivity index (χ0) is 18.1. The Morgan fingerprint density at radius 1 is 1.23 bits per heavy atom. The molecule has 0 aliphatic carbocycles. The minimum Gasteiger partial charge on any atom is -0.494 e. The molecule has 3 heterocycles. The maximum Gasteiger partial charge on any atom is 0.325 e. The zero-order valence-corrected chi connectivity index (χ0v) is 14.5. The van der Waals surface area contributed by atoms with Gasteiger partial charge in [0.25, 0.3) is 0 Å². The highest BCUT2D eigenvalue weighted by Gasteiger charge is 2.20. The molecule has 26 heavy (non-hydrogen) atoms. The van der Waals surface area contributed by atoms with Crippen LogP contribution in [0.4, 0.5) is 0 Å². The maximum atomic E-state index is 12.3. The number of nitrogens with zero attached hydrogens (tertiary/aromatic N) is 2. The summed E-state index contributed by atoms with van der Waals surface area (Å²) in [5, 5.41) is 0. The van der Waals surface area contributed by atoms with Crippen LogP contribution in [-0.2, 0) is 30.3 Å². The van der Waals surface area contributed by atoms with E-state index in [0.29, 0.717) is 28.4 Å². The quantitative estimate of drug-likeness (QED) is 0.733. The molecule has 0 spiro atoms. The second kappa shape index (κ2) is 6.71. The number of esters is 1. The van der Waals surface area contributed by atoms with Gasteiger partial charge in [0.05, 0.1) is 17.3 Å². The third-order valence-corrected chi connectivity index (χ3v) is 4.79. The van der Waals surface area contributed by atoms with Crippen LogP contribution in [0.5, 0.6) is 11.5 Å². The van der Waals surface area contributed by atoms with Gasteiger partial charge < -0.3 is 28.3 Å². The van der Waals surface area contributed by atoms with Crippen LogP contribution in [0.1, 0.15) is 0 Å². The number of fused-ring (bicyclic) bond motifs is 2. The van der Waals surface area contributed by atoms with Crippen LogP contribution in [0.15, 0.2) is 29.1 Å². The first-order chi connectivity index (χ1) is 12.7. The Balaban J connectivity index is 1.83. The van der Waals surface area contributed by atoms with Gasteiger partial charge in [0.1, 0.15) is 26.0 Å². The van der Waals surface area contributed by atoms with Crippen molar-refractivity contribution in [1.29, 1.82) is 0 Å². The van der Waals surface area contributed by atoms with Crippen molar-refractivity contribution in [1.82, 2.24) is 4.57 Å². The third-order valence-electron chi connectivity index (χ3n) is 3.75. The zero-order valence-electron chi connectivity index (χ0n) is 13.7. The molecule has 1 aromatic carbocycles. The van der Waals surface area contributed by atoms with Gasteiger partial charge in [0.15, 0.2) is 16.3 Å². The topological polar surface area (TPSA) is 97.6 Å². The molecule has 0 radical (unpaired) electrons. The van der Waals surface area contributed by atoms with E-state index in [-0.39, 0.29) is 25.7 Å². The van der Waals surface area contributed by atoms with Gasteiger partial charge in [-0.15, -0.1) is 0 Å². The average Bonchev–Trinajstić information content (AvgIpc) is 3.24. The number of methoxy groups -OCH3 is 1. The van der Waals surface area contributed by atoms with Crippen molar-refractivity contribution in [2.75, 3.05) is 27.1 Å². The van der Waals surface area contributed by atoms with E-state index >= 15 is 0 Å². The molecule has 0 fully saturated rings. The minimum absolute atomic E-state index is 0.0208. The van der Waals surface area contributed by atoms with Gasteiger partial charge in [-0.3, -0.25) is 9.59 Å². The fraction of sp³-hybridized carbons (Fsp3) is 0.312. The summed E-state index contributed by atoms with van der Waals surface area (Å²) in [5.74, 6) is 0.141. The van der Waals surface area contributed by atoms with E-state index in [4.69, 9.17) is 23.7 Å². The van der Waals surface area contributed by atoms with Crippen LogP contribution in [0, 0.1) is 0 Å². The van der Waals surface area contributed by atoms with Crippen molar-refractivity contribution in [3.05, 3.63) is 29.0 Å². The van der Waals surface area contributed by atoms with E-state index in [1.807, 2.05) is 0 Å². The summed E-state index contributed by atoms with van der Waals surface area (Å²) in [4.78, 5) is 28.6. The number of ether oxygens (including phenoxy) is 5. The van der Waals surface area contributed by atoms with Crippen LogP contribution >= 0.6 is 11.3 Å². The Hall–Kier alpha value is -3.01. The summed E-state index contributed by atoms with van der Waals surface area (Å²) in [6, 6.07) is 3.54. The predicted molar refractivity (Wildman–Crippen MR) is 88.5 cm³/mol. The second-order valence-corrected chi connectivity index (χ2v) is 6.35. The number of carbonyl (C=O) groups is 2. The Labute approximate surface area is 151 Å². The molecule has 2 aliphatic heterocycles. The lowest BCUT2D eigenvalue weighted by atomic mass is 10.3. The number of rotatable bonds is 3. The average molecular weight is 378 g/mol. The van der Waals surface area contributed by atoms with Crippen LogP contribution in [-0.4, -0.2) is 43.6 Å². The van der Waals surface area contributed by atoms with Gasteiger partial charge in [0.2, 0.25) is 12.6 Å². The molecule has 0 unspecified atom stereocenters. The van der Waals surface area contributed by atoms with E-state index < -0.39 is 11.9 Å². The van der Waals surface area contributed by atoms with Crippen LogP contribution in [0.2, 0.25) is 0 Å². The van der Waals surface area contributed by atoms with Crippen molar-refractivity contribution in [2.45, 2.75) is 6.54 Å². The normalized spacial score (nSPS) is 16.0. The van der Waals surface area contributed by atoms with E-state index in [2.05, 4.69) is 4.99 Å². The first-order valence-electron chi connectivity index (χ1n) is 7.69. The van der Waals surface area contributed by atoms with Gasteiger partial charge >= 0.3 is 11.9 Å². The molecular formula is C16H14N2O7S. The van der Waals surface area contributed by atoms with Gasteiger partial charge in [-0.2, -0.15) is 4.99 Å². The SMILES string of the molecule is COC(=O)Cn1c(=NC(=O)C2=COCCO2)sc2cc3c(cc21)OCO3. The molecule has 0 saturated heterocycles. The highest BCUT2D eigenvalue weighted by Crippen LogP contribution is 2.37. The molecule has 0 N–H and O–H groups in total. The summed E-state index contributed by atoms with van der Waals surface area (Å²) < 4.78 is 28.2. The predicted octanol–water partition coefficient (Wildman–Crippen LogP) is 0.920. The monoisotopic (exact) mass is 378 g/mol. The first-order valence-corrected chi connectivity index (χ1v) is 8.51. The molecule has 10 heteroatoms. The molecule has 2 aromatic rings. The van der Waals surface area contributed by atoms with E-state index in [1.54, 1.807) is 16.7 Å². The van der Waals surface area contributed by atoms with Crippen LogP contribution < -0.4 is 14.3 Å². The molecule has 0 bridgehead atoms. The minimum atomic E-state index is -0.588. The summed E-state index contributed by atoms with van der Waals surface area (Å²) in [6.45, 7) is 0.708. The Morgan fingerprint density at radius 2 is 2.04 bits per heavy atom. The lowest BCUT2D eigenvalue weighted by Crippen LogP contribution is -2.23. The summed E-state index contributed by atoms with van der Waals surface area (Å²) >= 11 is 1.24. The molecule has 4 rings (SSSR count). The smallest absolute Gasteiger partial charge is 0.325 e. The van der Waals surface area contributed by atoms with Gasteiger partial charge in [-0.1, -0.05) is 11.3 Å². The van der Waals surface area contributed by atoms with Crippen LogP contribution in [0.25, 0.3) is 10.2 Å². The fourth-order valence-corrected chi connectivity index (χ4v) is 3.55. The molecule has 0 saturated carbocycles. The molecule has 1 amide bonds. The summed E-state index contributed by atoms with van der Waals surface area (Å²) in [7, 11) is 1.30. The lowest BCUT2D eigenvalue weighted by molar-refractivity contribution is -0.141. The Kier molecular flexibility index (Phi) is 4.25. The van der Waals surface area contributed by atoms with E-state index in [9.17, 15) is 9.59 Å². The molecule has 136 valence electrons. The molecule has 2 aliphatic rings. The second-order valence-electron chi connectivity index (χ2n) is 5.34. The van der Waals surface area contributed by atoms with E-state index in [0.717, 1.165) is 4.70 Å². The van der Waals surface area contributed by atoms with Crippen molar-refractivity contribution in [2.24, 2.45) is 4.99 Å². The number of hydrogen-bond acceptors (Lipinski definition) is 8. The number of thiazole rings is 1. The number of aromatic nitrogens is 1. The molecular weight excluding hydrogens is 364 g/mol. The van der Waals surface area contributed by atoms with Gasteiger partial charge in [0, 0.05) is 12.1 Å². The first kappa shape index (κ1) is 16.5. The van der Waals surface area contributed by atoms with Gasteiger partial charge in [-0.05, 0) is 0 Å². The van der Waals surface area contributed by atoms with Crippen molar-refractivity contribution in [3.63, 3.8) is 0 Å². The number of carbonyl (C=O) groups excluding carboxylic acids is 2. The van der Waals surface area contributed by atoms with Crippen molar-refractivity contribution < 1.29 is 33.3 Å². The molecule has 1 aromatic heterocycles. The molecule has 9 nitrogen and oxygen atoms in total. The maximum absolute atomic E-state index is 12.3. The Morgan fingerprint density at radius 3 is 2.77 bits per heavy atom. The van der Waals surface area contributed by atoms with Crippen molar-refractivity contribution in [3.8, 4) is 11.5 Å². The largest absolute Gasteiger partial charge is 0.494 e. The Bertz CT molecular complexity index is 988. The molecule has 0 atom stereocenters. The lowest BCUT2D eigenvalue weighted by Gasteiger charge is -2.12. The number of hydrogen-bond donors (Lipinski definition) is 0. The van der Waals surface area contributed by atoms with Gasteiger partial charge in [-0.25, -0.2) is 0 Å². The third kappa shape index (κ3) is 2.99. The standard InChI is InChI=1S/C16H14N2O7S/c1-21-14(19)6-18-9-4-10-11(25-8-24-10)5-13(9)26-16(18)17-15(20)12-7-22-2-3-23-12/h4-5,7H,2-3,6,8H2,1H3.